The molecule has 0 bridgehead atoms. The van der Waals surface area contributed by atoms with E-state index in [0.29, 0.717) is 6.54 Å². The van der Waals surface area contributed by atoms with E-state index >= 15 is 0 Å². The van der Waals surface area contributed by atoms with Crippen molar-refractivity contribution in [1.29, 1.82) is 0 Å². The minimum atomic E-state index is -0.452. The van der Waals surface area contributed by atoms with Gasteiger partial charge in [0.2, 0.25) is 0 Å². The number of aromatic amines is 1. The van der Waals surface area contributed by atoms with E-state index < -0.39 is 6.10 Å². The maximum Gasteiger partial charge on any atom is 0.0940 e. The van der Waals surface area contributed by atoms with Gasteiger partial charge in [0.15, 0.2) is 0 Å². The molecule has 1 aliphatic heterocycles. The van der Waals surface area contributed by atoms with Crippen molar-refractivity contribution in [2.24, 2.45) is 0 Å². The molecule has 0 radical (unpaired) electrons. The van der Waals surface area contributed by atoms with Gasteiger partial charge in [-0.15, -0.1) is 0 Å². The highest BCUT2D eigenvalue weighted by Crippen LogP contribution is 2.28. The van der Waals surface area contributed by atoms with Gasteiger partial charge in [0.25, 0.3) is 0 Å². The Bertz CT molecular complexity index is 850. The summed E-state index contributed by atoms with van der Waals surface area (Å²) in [6.45, 7) is 7.87. The molecule has 0 saturated carbocycles. The lowest BCUT2D eigenvalue weighted by Gasteiger charge is -2.35. The number of H-pyrrole nitrogens is 1. The quantitative estimate of drug-likeness (QED) is 0.742. The fraction of sp³-hybridized carbons (Fsp3) is 0.364. The largest absolute Gasteiger partial charge is 0.387 e. The molecule has 1 saturated heterocycles. The number of aromatic nitrogens is 1. The van der Waals surface area contributed by atoms with E-state index in [1.807, 2.05) is 12.1 Å². The molecular weight excluding hydrogens is 322 g/mol. The van der Waals surface area contributed by atoms with Gasteiger partial charge in [-0.2, -0.15) is 0 Å². The molecule has 2 heterocycles. The Morgan fingerprint density at radius 3 is 2.35 bits per heavy atom. The van der Waals surface area contributed by atoms with E-state index in [0.717, 1.165) is 54.9 Å². The van der Waals surface area contributed by atoms with Gasteiger partial charge >= 0.3 is 0 Å². The predicted octanol–water partition coefficient (Wildman–Crippen LogP) is 3.33. The zero-order valence-corrected chi connectivity index (χ0v) is 15.4. The number of aliphatic hydroxyl groups excluding tert-OH is 1. The summed E-state index contributed by atoms with van der Waals surface area (Å²) in [5, 5.41) is 12.0. The Kier molecular flexibility index (Phi) is 5.07. The number of hydrogen-bond acceptors (Lipinski definition) is 3. The van der Waals surface area contributed by atoms with Gasteiger partial charge in [-0.3, -0.25) is 9.80 Å². The van der Waals surface area contributed by atoms with Gasteiger partial charge in [0.1, 0.15) is 0 Å². The topological polar surface area (TPSA) is 42.5 Å². The van der Waals surface area contributed by atoms with Crippen molar-refractivity contribution in [2.75, 3.05) is 32.7 Å². The highest BCUT2D eigenvalue weighted by Gasteiger charge is 2.22. The molecule has 4 heteroatoms. The fourth-order valence-electron chi connectivity index (χ4n) is 4.04. The van der Waals surface area contributed by atoms with Gasteiger partial charge < -0.3 is 10.1 Å². The number of nitrogens with one attached hydrogen (secondary N) is 1. The molecule has 0 spiro atoms. The number of hydrogen-bond donors (Lipinski definition) is 2. The number of fused-ring (bicyclic) bond motifs is 1. The minimum absolute atomic E-state index is 0.452. The molecule has 0 aliphatic carbocycles. The SMILES string of the molecule is Cc1[nH]c2ccccc2c1C(O)CN1CCN(Cc2ccccc2)CC1. The van der Waals surface area contributed by atoms with Crippen LogP contribution in [0.4, 0.5) is 0 Å². The molecule has 4 nitrogen and oxygen atoms in total. The molecule has 1 fully saturated rings. The van der Waals surface area contributed by atoms with Crippen molar-refractivity contribution < 1.29 is 5.11 Å². The van der Waals surface area contributed by atoms with Crippen LogP contribution in [0.25, 0.3) is 10.9 Å². The second kappa shape index (κ2) is 7.62. The minimum Gasteiger partial charge on any atom is -0.387 e. The molecule has 2 aromatic carbocycles. The number of nitrogens with zero attached hydrogens (tertiary/aromatic N) is 2. The summed E-state index contributed by atoms with van der Waals surface area (Å²) >= 11 is 0. The summed E-state index contributed by atoms with van der Waals surface area (Å²) < 4.78 is 0. The third-order valence-corrected chi connectivity index (χ3v) is 5.42. The standard InChI is InChI=1S/C22H27N3O/c1-17-22(19-9-5-6-10-20(19)23-17)21(26)16-25-13-11-24(12-14-25)15-18-7-3-2-4-8-18/h2-10,21,23,26H,11-16H2,1H3. The Labute approximate surface area is 155 Å². The first-order chi connectivity index (χ1) is 12.7. The summed E-state index contributed by atoms with van der Waals surface area (Å²) in [6, 6.07) is 18.9. The number of piperazine rings is 1. The molecule has 1 aromatic heterocycles. The average molecular weight is 349 g/mol. The number of para-hydroxylation sites is 1. The maximum atomic E-state index is 10.9. The van der Waals surface area contributed by atoms with Crippen LogP contribution in [0.5, 0.6) is 0 Å². The van der Waals surface area contributed by atoms with Crippen molar-refractivity contribution in [3.05, 3.63) is 71.4 Å². The van der Waals surface area contributed by atoms with E-state index in [-0.39, 0.29) is 0 Å². The zero-order chi connectivity index (χ0) is 17.9. The second-order valence-electron chi connectivity index (χ2n) is 7.29. The number of aryl methyl sites for hydroxylation is 1. The van der Waals surface area contributed by atoms with Crippen molar-refractivity contribution in [1.82, 2.24) is 14.8 Å². The van der Waals surface area contributed by atoms with Crippen LogP contribution in [-0.2, 0) is 6.54 Å². The Morgan fingerprint density at radius 1 is 0.923 bits per heavy atom. The summed E-state index contributed by atoms with van der Waals surface area (Å²) in [4.78, 5) is 8.27. The molecule has 136 valence electrons. The number of aliphatic hydroxyl groups is 1. The lowest BCUT2D eigenvalue weighted by molar-refractivity contribution is 0.0704. The maximum absolute atomic E-state index is 10.9. The van der Waals surface area contributed by atoms with E-state index in [1.165, 1.54) is 5.56 Å². The second-order valence-corrected chi connectivity index (χ2v) is 7.29. The van der Waals surface area contributed by atoms with E-state index in [1.54, 1.807) is 0 Å². The smallest absolute Gasteiger partial charge is 0.0940 e. The Balaban J connectivity index is 1.36. The first-order valence-electron chi connectivity index (χ1n) is 9.44. The summed E-state index contributed by atoms with van der Waals surface area (Å²) in [6.07, 6.45) is -0.452. The molecule has 26 heavy (non-hydrogen) atoms. The van der Waals surface area contributed by atoms with Crippen molar-refractivity contribution in [2.45, 2.75) is 19.6 Å². The number of β-amino-alcohol motifs (C(OH)–C–C–N with tert-alkyl or cyclic N) is 1. The lowest BCUT2D eigenvalue weighted by Crippen LogP contribution is -2.47. The third kappa shape index (κ3) is 3.68. The Hall–Kier alpha value is -2.14. The fourth-order valence-corrected chi connectivity index (χ4v) is 4.04. The van der Waals surface area contributed by atoms with Gasteiger partial charge in [-0.1, -0.05) is 48.5 Å². The van der Waals surface area contributed by atoms with Crippen LogP contribution in [-0.4, -0.2) is 52.6 Å². The summed E-state index contributed by atoms with van der Waals surface area (Å²) in [5.41, 5.74) is 4.59. The number of rotatable bonds is 5. The highest BCUT2D eigenvalue weighted by molar-refractivity contribution is 5.84. The van der Waals surface area contributed by atoms with Crippen LogP contribution in [0, 0.1) is 6.92 Å². The normalized spacial score (nSPS) is 17.6. The first kappa shape index (κ1) is 17.3. The monoisotopic (exact) mass is 349 g/mol. The lowest BCUT2D eigenvalue weighted by atomic mass is 10.0. The van der Waals surface area contributed by atoms with Crippen LogP contribution in [0.15, 0.2) is 54.6 Å². The van der Waals surface area contributed by atoms with Crippen LogP contribution in [0.1, 0.15) is 22.9 Å². The Morgan fingerprint density at radius 2 is 1.58 bits per heavy atom. The van der Waals surface area contributed by atoms with Crippen molar-refractivity contribution in [3.63, 3.8) is 0 Å². The molecule has 4 rings (SSSR count). The van der Waals surface area contributed by atoms with Crippen molar-refractivity contribution >= 4 is 10.9 Å². The van der Waals surface area contributed by atoms with E-state index in [9.17, 15) is 5.11 Å². The van der Waals surface area contributed by atoms with Crippen molar-refractivity contribution in [3.8, 4) is 0 Å². The molecule has 0 amide bonds. The molecule has 1 atom stereocenters. The molecule has 2 N–H and O–H groups in total. The van der Waals surface area contributed by atoms with Crippen LogP contribution < -0.4 is 0 Å². The predicted molar refractivity (Wildman–Crippen MR) is 106 cm³/mol. The van der Waals surface area contributed by atoms with Gasteiger partial charge in [0, 0.05) is 61.4 Å². The third-order valence-electron chi connectivity index (χ3n) is 5.42. The van der Waals surface area contributed by atoms with Gasteiger partial charge in [-0.05, 0) is 18.6 Å². The first-order valence-corrected chi connectivity index (χ1v) is 9.44. The highest BCUT2D eigenvalue weighted by atomic mass is 16.3. The van der Waals surface area contributed by atoms with Gasteiger partial charge in [-0.25, -0.2) is 0 Å². The molecule has 1 aliphatic rings. The molecule has 3 aromatic rings. The van der Waals surface area contributed by atoms with Crippen LogP contribution in [0.2, 0.25) is 0 Å². The zero-order valence-electron chi connectivity index (χ0n) is 15.4. The van der Waals surface area contributed by atoms with E-state index in [4.69, 9.17) is 0 Å². The van der Waals surface area contributed by atoms with Crippen LogP contribution >= 0.6 is 0 Å². The number of benzene rings is 2. The average Bonchev–Trinajstić information content (AvgIpc) is 3.00. The van der Waals surface area contributed by atoms with E-state index in [2.05, 4.69) is 64.2 Å². The molecular formula is C22H27N3O. The van der Waals surface area contributed by atoms with Gasteiger partial charge in [0.05, 0.1) is 6.10 Å². The molecule has 1 unspecified atom stereocenters. The summed E-state index contributed by atoms with van der Waals surface area (Å²) in [5.74, 6) is 0. The van der Waals surface area contributed by atoms with Crippen LogP contribution in [0.3, 0.4) is 0 Å². The summed E-state index contributed by atoms with van der Waals surface area (Å²) in [7, 11) is 0.